The molecule has 0 aliphatic carbocycles. The molecule has 0 aliphatic heterocycles. The van der Waals surface area contributed by atoms with Gasteiger partial charge in [-0.15, -0.1) is 0 Å². The lowest BCUT2D eigenvalue weighted by Crippen LogP contribution is -2.05. The van der Waals surface area contributed by atoms with Gasteiger partial charge in [-0.2, -0.15) is 5.10 Å². The Morgan fingerprint density at radius 2 is 2.16 bits per heavy atom. The summed E-state index contributed by atoms with van der Waals surface area (Å²) in [6.07, 6.45) is -0.00979. The minimum absolute atomic E-state index is 0.00979. The molecule has 2 rings (SSSR count). The number of carbonyl (C=O) groups is 1. The van der Waals surface area contributed by atoms with E-state index >= 15 is 0 Å². The minimum atomic E-state index is -0.866. The molecule has 0 amide bonds. The number of nitrogens with zero attached hydrogens (tertiary/aromatic N) is 2. The van der Waals surface area contributed by atoms with Gasteiger partial charge in [0.2, 0.25) is 0 Å². The van der Waals surface area contributed by atoms with Crippen molar-refractivity contribution >= 4 is 5.97 Å². The molecule has 0 aliphatic rings. The zero-order valence-electron chi connectivity index (χ0n) is 11.0. The van der Waals surface area contributed by atoms with E-state index in [0.717, 1.165) is 17.1 Å². The number of ether oxygens (including phenoxy) is 1. The summed E-state index contributed by atoms with van der Waals surface area (Å²) in [6, 6.07) is 9.45. The number of aryl methyl sites for hydroxylation is 2. The molecule has 0 unspecified atom stereocenters. The van der Waals surface area contributed by atoms with E-state index in [0.29, 0.717) is 5.75 Å². The van der Waals surface area contributed by atoms with Gasteiger partial charge >= 0.3 is 5.97 Å². The lowest BCUT2D eigenvalue weighted by Gasteiger charge is -2.08. The monoisotopic (exact) mass is 260 g/mol. The van der Waals surface area contributed by atoms with Gasteiger partial charge in [0.25, 0.3) is 0 Å². The first-order valence-electron chi connectivity index (χ1n) is 6.04. The van der Waals surface area contributed by atoms with E-state index in [1.165, 1.54) is 0 Å². The van der Waals surface area contributed by atoms with Gasteiger partial charge in [-0.05, 0) is 32.0 Å². The Hall–Kier alpha value is -2.30. The van der Waals surface area contributed by atoms with Crippen molar-refractivity contribution in [3.8, 4) is 11.4 Å². The molecular weight excluding hydrogens is 244 g/mol. The van der Waals surface area contributed by atoms with Gasteiger partial charge in [-0.1, -0.05) is 6.07 Å². The van der Waals surface area contributed by atoms with E-state index in [1.54, 1.807) is 6.07 Å². The molecule has 5 heteroatoms. The molecule has 1 heterocycles. The Morgan fingerprint density at radius 1 is 1.37 bits per heavy atom. The average molecular weight is 260 g/mol. The van der Waals surface area contributed by atoms with E-state index in [1.807, 2.05) is 42.8 Å². The Morgan fingerprint density at radius 3 is 2.79 bits per heavy atom. The van der Waals surface area contributed by atoms with Crippen molar-refractivity contribution in [2.24, 2.45) is 0 Å². The quantitative estimate of drug-likeness (QED) is 0.896. The van der Waals surface area contributed by atoms with Crippen molar-refractivity contribution in [3.05, 3.63) is 41.7 Å². The molecule has 1 N–H and O–H groups in total. The second kappa shape index (κ2) is 5.56. The second-order valence-corrected chi connectivity index (χ2v) is 4.33. The summed E-state index contributed by atoms with van der Waals surface area (Å²) in [4.78, 5) is 10.4. The smallest absolute Gasteiger partial charge is 0.306 e. The summed E-state index contributed by atoms with van der Waals surface area (Å²) in [5, 5.41) is 13.0. The Bertz CT molecular complexity index is 590. The zero-order valence-corrected chi connectivity index (χ0v) is 11.0. The van der Waals surface area contributed by atoms with E-state index in [2.05, 4.69) is 5.10 Å². The molecule has 1 aromatic carbocycles. The summed E-state index contributed by atoms with van der Waals surface area (Å²) >= 11 is 0. The van der Waals surface area contributed by atoms with Crippen LogP contribution in [0.25, 0.3) is 5.69 Å². The number of hydrogen-bond acceptors (Lipinski definition) is 3. The lowest BCUT2D eigenvalue weighted by molar-refractivity contribution is -0.137. The summed E-state index contributed by atoms with van der Waals surface area (Å²) < 4.78 is 7.24. The maximum Gasteiger partial charge on any atom is 0.306 e. The molecule has 19 heavy (non-hydrogen) atoms. The summed E-state index contributed by atoms with van der Waals surface area (Å²) in [6.45, 7) is 4.09. The molecule has 2 aromatic rings. The molecule has 1 aromatic heterocycles. The van der Waals surface area contributed by atoms with Crippen LogP contribution in [0.4, 0.5) is 0 Å². The molecule has 0 fully saturated rings. The first-order valence-corrected chi connectivity index (χ1v) is 6.04. The molecular formula is C14H16N2O3. The number of hydrogen-bond donors (Lipinski definition) is 1. The third kappa shape index (κ3) is 3.34. The van der Waals surface area contributed by atoms with Crippen LogP contribution in [-0.4, -0.2) is 27.5 Å². The highest BCUT2D eigenvalue weighted by Gasteiger charge is 2.05. The normalized spacial score (nSPS) is 10.4. The SMILES string of the molecule is Cc1cc(C)n(-c2cccc(OCCC(=O)O)c2)n1. The van der Waals surface area contributed by atoms with Crippen molar-refractivity contribution in [3.63, 3.8) is 0 Å². The number of carboxylic acid groups (broad SMARTS) is 1. The standard InChI is InChI=1S/C14H16N2O3/c1-10-8-11(2)16(15-10)12-4-3-5-13(9-12)19-7-6-14(17)18/h3-5,8-9H,6-7H2,1-2H3,(H,17,18). The van der Waals surface area contributed by atoms with E-state index in [-0.39, 0.29) is 13.0 Å². The van der Waals surface area contributed by atoms with Gasteiger partial charge in [-0.25, -0.2) is 4.68 Å². The Balaban J connectivity index is 2.15. The third-order valence-corrected chi connectivity index (χ3v) is 2.66. The van der Waals surface area contributed by atoms with Crippen molar-refractivity contribution in [1.29, 1.82) is 0 Å². The van der Waals surface area contributed by atoms with Crippen molar-refractivity contribution in [2.75, 3.05) is 6.61 Å². The van der Waals surface area contributed by atoms with Gasteiger partial charge in [0.1, 0.15) is 5.75 Å². The lowest BCUT2D eigenvalue weighted by atomic mass is 10.3. The first kappa shape index (κ1) is 13.1. The number of rotatable bonds is 5. The minimum Gasteiger partial charge on any atom is -0.493 e. The summed E-state index contributed by atoms with van der Waals surface area (Å²) in [7, 11) is 0. The molecule has 100 valence electrons. The first-order chi connectivity index (χ1) is 9.06. The fourth-order valence-electron chi connectivity index (χ4n) is 1.85. The molecule has 0 saturated heterocycles. The van der Waals surface area contributed by atoms with Crippen molar-refractivity contribution in [2.45, 2.75) is 20.3 Å². The van der Waals surface area contributed by atoms with Gasteiger partial charge in [0.05, 0.1) is 24.4 Å². The maximum atomic E-state index is 10.4. The van der Waals surface area contributed by atoms with Crippen LogP contribution in [-0.2, 0) is 4.79 Å². The van der Waals surface area contributed by atoms with Crippen LogP contribution in [0.1, 0.15) is 17.8 Å². The van der Waals surface area contributed by atoms with Gasteiger partial charge in [0, 0.05) is 11.8 Å². The van der Waals surface area contributed by atoms with E-state index in [4.69, 9.17) is 9.84 Å². The Labute approximate surface area is 111 Å². The number of benzene rings is 1. The maximum absolute atomic E-state index is 10.4. The highest BCUT2D eigenvalue weighted by atomic mass is 16.5. The largest absolute Gasteiger partial charge is 0.493 e. The number of carboxylic acids is 1. The average Bonchev–Trinajstić information content (AvgIpc) is 2.68. The van der Waals surface area contributed by atoms with Crippen molar-refractivity contribution in [1.82, 2.24) is 9.78 Å². The van der Waals surface area contributed by atoms with E-state index in [9.17, 15) is 4.79 Å². The molecule has 0 saturated carbocycles. The number of aliphatic carboxylic acids is 1. The van der Waals surface area contributed by atoms with Crippen LogP contribution in [0.15, 0.2) is 30.3 Å². The van der Waals surface area contributed by atoms with Crippen LogP contribution >= 0.6 is 0 Å². The van der Waals surface area contributed by atoms with Crippen LogP contribution in [0, 0.1) is 13.8 Å². The van der Waals surface area contributed by atoms with Crippen LogP contribution in [0.5, 0.6) is 5.75 Å². The third-order valence-electron chi connectivity index (χ3n) is 2.66. The molecule has 0 spiro atoms. The van der Waals surface area contributed by atoms with Gasteiger partial charge in [0.15, 0.2) is 0 Å². The highest BCUT2D eigenvalue weighted by molar-refractivity contribution is 5.66. The number of aromatic nitrogens is 2. The topological polar surface area (TPSA) is 64.3 Å². The predicted molar refractivity (Wildman–Crippen MR) is 70.8 cm³/mol. The predicted octanol–water partition coefficient (Wildman–Crippen LogP) is 2.34. The second-order valence-electron chi connectivity index (χ2n) is 4.33. The molecule has 5 nitrogen and oxygen atoms in total. The zero-order chi connectivity index (χ0) is 13.8. The van der Waals surface area contributed by atoms with Gasteiger partial charge < -0.3 is 9.84 Å². The summed E-state index contributed by atoms with van der Waals surface area (Å²) in [5.41, 5.74) is 2.90. The molecule has 0 radical (unpaired) electrons. The van der Waals surface area contributed by atoms with E-state index < -0.39 is 5.97 Å². The van der Waals surface area contributed by atoms with Crippen LogP contribution in [0.3, 0.4) is 0 Å². The fourth-order valence-corrected chi connectivity index (χ4v) is 1.85. The molecule has 0 atom stereocenters. The van der Waals surface area contributed by atoms with Gasteiger partial charge in [-0.3, -0.25) is 4.79 Å². The van der Waals surface area contributed by atoms with Crippen LogP contribution in [0.2, 0.25) is 0 Å². The Kier molecular flexibility index (Phi) is 3.85. The highest BCUT2D eigenvalue weighted by Crippen LogP contribution is 2.18. The molecule has 0 bridgehead atoms. The van der Waals surface area contributed by atoms with Crippen LogP contribution < -0.4 is 4.74 Å². The van der Waals surface area contributed by atoms with Crippen molar-refractivity contribution < 1.29 is 14.6 Å². The fraction of sp³-hybridized carbons (Fsp3) is 0.286. The summed E-state index contributed by atoms with van der Waals surface area (Å²) in [5.74, 6) is -0.221.